The zero-order chi connectivity index (χ0) is 13.1. The quantitative estimate of drug-likeness (QED) is 0.853. The Kier molecular flexibility index (Phi) is 3.18. The van der Waals surface area contributed by atoms with E-state index in [4.69, 9.17) is 9.84 Å². The lowest BCUT2D eigenvalue weighted by molar-refractivity contribution is 0.0680. The van der Waals surface area contributed by atoms with E-state index in [9.17, 15) is 9.90 Å². The van der Waals surface area contributed by atoms with Crippen molar-refractivity contribution in [3.8, 4) is 11.5 Å². The van der Waals surface area contributed by atoms with Gasteiger partial charge in [0.25, 0.3) is 0 Å². The van der Waals surface area contributed by atoms with Crippen LogP contribution in [-0.4, -0.2) is 33.1 Å². The zero-order valence-corrected chi connectivity index (χ0v) is 9.70. The molecule has 0 radical (unpaired) electrons. The third-order valence-electron chi connectivity index (χ3n) is 2.51. The summed E-state index contributed by atoms with van der Waals surface area (Å²) in [5.41, 5.74) is 0.646. The highest BCUT2D eigenvalue weighted by molar-refractivity contribution is 5.88. The van der Waals surface area contributed by atoms with Crippen LogP contribution in [-0.2, 0) is 6.54 Å². The maximum absolute atomic E-state index is 11.0. The van der Waals surface area contributed by atoms with Crippen molar-refractivity contribution in [1.29, 1.82) is 0 Å². The average Bonchev–Trinajstić information content (AvgIpc) is 2.71. The van der Waals surface area contributed by atoms with E-state index < -0.39 is 5.97 Å². The van der Waals surface area contributed by atoms with E-state index in [1.807, 2.05) is 12.1 Å². The molecule has 0 aliphatic carbocycles. The number of carbonyl (C=O) groups is 1. The summed E-state index contributed by atoms with van der Waals surface area (Å²) >= 11 is 0. The van der Waals surface area contributed by atoms with Gasteiger partial charge in [-0.25, -0.2) is 4.79 Å². The van der Waals surface area contributed by atoms with Gasteiger partial charge in [-0.05, 0) is 17.7 Å². The zero-order valence-electron chi connectivity index (χ0n) is 9.70. The molecule has 0 amide bonds. The summed E-state index contributed by atoms with van der Waals surface area (Å²) in [6.07, 6.45) is 1.12. The Balaban J connectivity index is 2.25. The number of aromatic carboxylic acids is 1. The average molecular weight is 248 g/mol. The Morgan fingerprint density at radius 1 is 1.39 bits per heavy atom. The Morgan fingerprint density at radius 3 is 2.61 bits per heavy atom. The number of carboxylic acids is 1. The SMILES string of the molecule is COc1ccc(Cn2ncc(O)c2C(=O)O)cc1. The molecule has 18 heavy (non-hydrogen) atoms. The topological polar surface area (TPSA) is 84.6 Å². The first kappa shape index (κ1) is 12.0. The largest absolute Gasteiger partial charge is 0.504 e. The molecule has 94 valence electrons. The Hall–Kier alpha value is -2.50. The predicted molar refractivity (Wildman–Crippen MR) is 62.9 cm³/mol. The number of aromatic hydroxyl groups is 1. The number of hydrogen-bond donors (Lipinski definition) is 2. The molecule has 6 nitrogen and oxygen atoms in total. The fourth-order valence-electron chi connectivity index (χ4n) is 1.62. The van der Waals surface area contributed by atoms with E-state index >= 15 is 0 Å². The van der Waals surface area contributed by atoms with Crippen LogP contribution in [0.5, 0.6) is 11.5 Å². The Morgan fingerprint density at radius 2 is 2.06 bits per heavy atom. The van der Waals surface area contributed by atoms with E-state index in [-0.39, 0.29) is 18.0 Å². The predicted octanol–water partition coefficient (Wildman–Crippen LogP) is 1.34. The van der Waals surface area contributed by atoms with E-state index in [0.717, 1.165) is 17.5 Å². The fourth-order valence-corrected chi connectivity index (χ4v) is 1.62. The van der Waals surface area contributed by atoms with Gasteiger partial charge in [0.1, 0.15) is 5.75 Å². The van der Waals surface area contributed by atoms with Gasteiger partial charge in [-0.1, -0.05) is 12.1 Å². The number of nitrogens with zero attached hydrogens (tertiary/aromatic N) is 2. The highest BCUT2D eigenvalue weighted by Gasteiger charge is 2.17. The number of ether oxygens (including phenoxy) is 1. The number of carboxylic acid groups (broad SMARTS) is 1. The van der Waals surface area contributed by atoms with Crippen LogP contribution < -0.4 is 4.74 Å². The van der Waals surface area contributed by atoms with Gasteiger partial charge < -0.3 is 14.9 Å². The summed E-state index contributed by atoms with van der Waals surface area (Å²) < 4.78 is 6.26. The molecule has 0 aliphatic heterocycles. The summed E-state index contributed by atoms with van der Waals surface area (Å²) in [6.45, 7) is 0.270. The van der Waals surface area contributed by atoms with Gasteiger partial charge in [0.15, 0.2) is 11.4 Å². The fraction of sp³-hybridized carbons (Fsp3) is 0.167. The van der Waals surface area contributed by atoms with Crippen LogP contribution >= 0.6 is 0 Å². The molecule has 2 rings (SSSR count). The lowest BCUT2D eigenvalue weighted by atomic mass is 10.2. The molecule has 2 aromatic rings. The monoisotopic (exact) mass is 248 g/mol. The highest BCUT2D eigenvalue weighted by Crippen LogP contribution is 2.18. The molecule has 1 heterocycles. The van der Waals surface area contributed by atoms with Crippen molar-refractivity contribution >= 4 is 5.97 Å². The molecule has 2 N–H and O–H groups in total. The summed E-state index contributed by atoms with van der Waals surface area (Å²) in [5, 5.41) is 22.2. The smallest absolute Gasteiger partial charge is 0.358 e. The van der Waals surface area contributed by atoms with Crippen LogP contribution in [0.2, 0.25) is 0 Å². The van der Waals surface area contributed by atoms with Gasteiger partial charge in [-0.2, -0.15) is 5.10 Å². The first-order valence-corrected chi connectivity index (χ1v) is 5.23. The highest BCUT2D eigenvalue weighted by atomic mass is 16.5. The molecule has 0 saturated heterocycles. The molecule has 0 spiro atoms. The summed E-state index contributed by atoms with van der Waals surface area (Å²) in [7, 11) is 1.57. The van der Waals surface area contributed by atoms with Crippen molar-refractivity contribution in [2.75, 3.05) is 7.11 Å². The minimum absolute atomic E-state index is 0.217. The van der Waals surface area contributed by atoms with E-state index in [1.54, 1.807) is 19.2 Å². The Bertz CT molecular complexity index is 560. The molecule has 0 fully saturated rings. The number of methoxy groups -OCH3 is 1. The van der Waals surface area contributed by atoms with Crippen molar-refractivity contribution in [3.63, 3.8) is 0 Å². The summed E-state index contributed by atoms with van der Waals surface area (Å²) in [6, 6.07) is 7.17. The lowest BCUT2D eigenvalue weighted by Crippen LogP contribution is -2.11. The van der Waals surface area contributed by atoms with Gasteiger partial charge in [-0.15, -0.1) is 0 Å². The third kappa shape index (κ3) is 2.27. The van der Waals surface area contributed by atoms with Crippen LogP contribution in [0.1, 0.15) is 16.1 Å². The summed E-state index contributed by atoms with van der Waals surface area (Å²) in [5.74, 6) is -0.824. The Labute approximate surface area is 103 Å². The molecule has 1 aromatic heterocycles. The van der Waals surface area contributed by atoms with Gasteiger partial charge in [0.05, 0.1) is 19.9 Å². The van der Waals surface area contributed by atoms with Crippen molar-refractivity contribution in [1.82, 2.24) is 9.78 Å². The molecule has 0 bridgehead atoms. The summed E-state index contributed by atoms with van der Waals surface area (Å²) in [4.78, 5) is 11.0. The molecule has 0 atom stereocenters. The third-order valence-corrected chi connectivity index (χ3v) is 2.51. The molecule has 0 aliphatic rings. The van der Waals surface area contributed by atoms with E-state index in [1.165, 1.54) is 4.68 Å². The van der Waals surface area contributed by atoms with Crippen LogP contribution in [0, 0.1) is 0 Å². The van der Waals surface area contributed by atoms with Gasteiger partial charge >= 0.3 is 5.97 Å². The first-order valence-electron chi connectivity index (χ1n) is 5.23. The maximum atomic E-state index is 11.0. The minimum Gasteiger partial charge on any atom is -0.504 e. The number of aromatic nitrogens is 2. The van der Waals surface area contributed by atoms with Gasteiger partial charge in [-0.3, -0.25) is 4.68 Å². The maximum Gasteiger partial charge on any atom is 0.358 e. The number of benzene rings is 1. The molecule has 0 saturated carbocycles. The second-order valence-corrected chi connectivity index (χ2v) is 3.69. The van der Waals surface area contributed by atoms with E-state index in [0.29, 0.717) is 0 Å². The van der Waals surface area contributed by atoms with Crippen LogP contribution in [0.25, 0.3) is 0 Å². The molecular formula is C12H12N2O4. The normalized spacial score (nSPS) is 10.3. The molecule has 0 unspecified atom stereocenters. The van der Waals surface area contributed by atoms with Crippen molar-refractivity contribution in [2.45, 2.75) is 6.54 Å². The molecule has 6 heteroatoms. The second kappa shape index (κ2) is 4.79. The van der Waals surface area contributed by atoms with Crippen LogP contribution in [0.15, 0.2) is 30.5 Å². The van der Waals surface area contributed by atoms with Crippen LogP contribution in [0.4, 0.5) is 0 Å². The first-order chi connectivity index (χ1) is 8.61. The van der Waals surface area contributed by atoms with Gasteiger partial charge in [0.2, 0.25) is 0 Å². The van der Waals surface area contributed by atoms with Crippen LogP contribution in [0.3, 0.4) is 0 Å². The van der Waals surface area contributed by atoms with Crippen molar-refractivity contribution in [2.24, 2.45) is 0 Å². The lowest BCUT2D eigenvalue weighted by Gasteiger charge is -2.06. The second-order valence-electron chi connectivity index (χ2n) is 3.69. The molecular weight excluding hydrogens is 236 g/mol. The molecule has 1 aromatic carbocycles. The van der Waals surface area contributed by atoms with Gasteiger partial charge in [0, 0.05) is 0 Å². The number of hydrogen-bond acceptors (Lipinski definition) is 4. The van der Waals surface area contributed by atoms with Crippen molar-refractivity contribution < 1.29 is 19.7 Å². The minimum atomic E-state index is -1.21. The number of rotatable bonds is 4. The standard InChI is InChI=1S/C12H12N2O4/c1-18-9-4-2-8(3-5-9)7-14-11(12(16)17)10(15)6-13-14/h2-6,15H,7H2,1H3,(H,16,17). The van der Waals surface area contributed by atoms with Crippen molar-refractivity contribution in [3.05, 3.63) is 41.7 Å². The van der Waals surface area contributed by atoms with E-state index in [2.05, 4.69) is 5.10 Å².